The van der Waals surface area contributed by atoms with Crippen LogP contribution in [0.3, 0.4) is 0 Å². The van der Waals surface area contributed by atoms with Gasteiger partial charge in [0.2, 0.25) is 0 Å². The van der Waals surface area contributed by atoms with Crippen LogP contribution < -0.4 is 5.73 Å². The monoisotopic (exact) mass is 227 g/mol. The van der Waals surface area contributed by atoms with Gasteiger partial charge in [-0.3, -0.25) is 0 Å². The molecule has 0 radical (unpaired) electrons. The van der Waals surface area contributed by atoms with Gasteiger partial charge < -0.3 is 10.8 Å². The lowest BCUT2D eigenvalue weighted by Crippen LogP contribution is -2.45. The molecule has 0 saturated heterocycles. The molecule has 0 fully saturated rings. The summed E-state index contributed by atoms with van der Waals surface area (Å²) in [5.74, 6) is 0. The van der Waals surface area contributed by atoms with E-state index in [0.29, 0.717) is 19.6 Å². The number of nitrogens with two attached hydrogens (primary N) is 1. The lowest BCUT2D eigenvalue weighted by Gasteiger charge is -2.27. The van der Waals surface area contributed by atoms with Crippen LogP contribution in [0.4, 0.5) is 4.79 Å². The summed E-state index contributed by atoms with van der Waals surface area (Å²) < 4.78 is 21.7. The van der Waals surface area contributed by atoms with E-state index in [0.717, 1.165) is 0 Å². The molecule has 0 unspecified atom stereocenters. The van der Waals surface area contributed by atoms with Gasteiger partial charge in [-0.05, 0) is 20.8 Å². The van der Waals surface area contributed by atoms with Crippen molar-refractivity contribution in [3.05, 3.63) is 0 Å². The van der Waals surface area contributed by atoms with Gasteiger partial charge in [0.1, 0.15) is 0 Å². The zero-order chi connectivity index (χ0) is 11.8. The molecule has 1 amide bonds. The summed E-state index contributed by atoms with van der Waals surface area (Å²) in [6.07, 6.45) is -1.33. The molecule has 6 nitrogen and oxygen atoms in total. The smallest absolute Gasteiger partial charge is 0.402 e. The Bertz CT molecular complexity index is 216. The van der Waals surface area contributed by atoms with Crippen LogP contribution in [0.15, 0.2) is 0 Å². The molecule has 0 aromatic heterocycles. The Kier molecular flexibility index (Phi) is 8.46. The second-order valence-corrected chi connectivity index (χ2v) is 3.94. The molecule has 0 aliphatic rings. The van der Waals surface area contributed by atoms with Crippen molar-refractivity contribution in [3.8, 4) is 0 Å². The van der Waals surface area contributed by atoms with Crippen LogP contribution in [-0.4, -0.2) is 43.1 Å². The Balaban J connectivity index is 0. The van der Waals surface area contributed by atoms with Gasteiger partial charge in [-0.2, -0.15) is 8.42 Å². The van der Waals surface area contributed by atoms with E-state index in [2.05, 4.69) is 5.73 Å². The normalized spacial score (nSPS) is 10.6. The summed E-state index contributed by atoms with van der Waals surface area (Å²) in [5.41, 5.74) is 4.03. The average molecular weight is 227 g/mol. The number of hydrogen-bond acceptors (Lipinski definition) is 3. The van der Waals surface area contributed by atoms with Crippen LogP contribution >= 0.6 is 0 Å². The van der Waals surface area contributed by atoms with Crippen molar-refractivity contribution in [2.45, 2.75) is 20.8 Å². The Labute approximate surface area is 86.0 Å². The van der Waals surface area contributed by atoms with E-state index in [1.54, 1.807) is 0 Å². The summed E-state index contributed by atoms with van der Waals surface area (Å²) in [6.45, 7) is 7.72. The third kappa shape index (κ3) is 5.76. The van der Waals surface area contributed by atoms with Gasteiger partial charge in [-0.1, -0.05) is 0 Å². The van der Waals surface area contributed by atoms with Crippen LogP contribution in [0.25, 0.3) is 0 Å². The Hall–Kier alpha value is -0.820. The van der Waals surface area contributed by atoms with Gasteiger partial charge in [0.25, 0.3) is 10.9 Å². The van der Waals surface area contributed by atoms with E-state index in [1.165, 1.54) is 0 Å². The largest absolute Gasteiger partial charge is 0.465 e. The predicted octanol–water partition coefficient (Wildman–Crippen LogP) is 0.0124. The molecular weight excluding hydrogens is 208 g/mol. The fourth-order valence-corrected chi connectivity index (χ4v) is 1.71. The lowest BCUT2D eigenvalue weighted by atomic mass is 10.5. The van der Waals surface area contributed by atoms with Gasteiger partial charge in [-0.15, -0.1) is 0 Å². The summed E-state index contributed by atoms with van der Waals surface area (Å²) in [6, 6.07) is 0. The van der Waals surface area contributed by atoms with Crippen molar-refractivity contribution >= 4 is 17.0 Å². The molecule has 0 heterocycles. The van der Waals surface area contributed by atoms with E-state index >= 15 is 0 Å². The highest BCUT2D eigenvalue weighted by atomic mass is 32.2. The first kappa shape index (κ1) is 15.6. The standard InChI is InChI=1S/C6H16NO2S.CH3NO2/c1-4-7(5-2,6-3)10(8)9;2-1(3)4/h10H,4-6H2,1-3H3;2H2,(H,3,4)/q+1;. The van der Waals surface area contributed by atoms with Crippen molar-refractivity contribution in [1.82, 2.24) is 0 Å². The molecule has 0 aromatic carbocycles. The van der Waals surface area contributed by atoms with Gasteiger partial charge in [-0.25, -0.2) is 8.68 Å². The maximum absolute atomic E-state index is 10.7. The predicted molar refractivity (Wildman–Crippen MR) is 54.4 cm³/mol. The first-order chi connectivity index (χ1) is 6.36. The van der Waals surface area contributed by atoms with Crippen LogP contribution in [0.5, 0.6) is 0 Å². The number of rotatable bonds is 4. The fourth-order valence-electron chi connectivity index (χ4n) is 1.02. The molecule has 14 heavy (non-hydrogen) atoms. The summed E-state index contributed by atoms with van der Waals surface area (Å²) in [7, 11) is -2.31. The first-order valence-electron chi connectivity index (χ1n) is 4.35. The van der Waals surface area contributed by atoms with Crippen LogP contribution in [-0.2, 0) is 10.9 Å². The molecule has 0 aliphatic carbocycles. The van der Waals surface area contributed by atoms with Gasteiger partial charge in [0.05, 0.1) is 19.6 Å². The van der Waals surface area contributed by atoms with E-state index in [-0.39, 0.29) is 3.89 Å². The molecular formula is C7H19N2O4S+. The van der Waals surface area contributed by atoms with E-state index in [1.807, 2.05) is 20.8 Å². The van der Waals surface area contributed by atoms with Gasteiger partial charge >= 0.3 is 6.09 Å². The van der Waals surface area contributed by atoms with Crippen molar-refractivity contribution in [2.75, 3.05) is 19.6 Å². The quantitative estimate of drug-likeness (QED) is 0.465. The number of amides is 1. The number of nitrogens with zero attached hydrogens (tertiary/aromatic N) is 1. The Morgan fingerprint density at radius 2 is 1.43 bits per heavy atom. The average Bonchev–Trinajstić information content (AvgIpc) is 2.07. The minimum Gasteiger partial charge on any atom is -0.465 e. The van der Waals surface area contributed by atoms with Crippen molar-refractivity contribution in [1.29, 1.82) is 0 Å². The summed E-state index contributed by atoms with van der Waals surface area (Å²) >= 11 is 0. The third-order valence-corrected chi connectivity index (χ3v) is 3.65. The second kappa shape index (κ2) is 7.57. The van der Waals surface area contributed by atoms with E-state index in [9.17, 15) is 8.42 Å². The van der Waals surface area contributed by atoms with E-state index in [4.69, 9.17) is 9.90 Å². The van der Waals surface area contributed by atoms with Crippen LogP contribution in [0, 0.1) is 0 Å². The highest BCUT2D eigenvalue weighted by Gasteiger charge is 2.22. The highest BCUT2D eigenvalue weighted by Crippen LogP contribution is 2.04. The SMILES string of the molecule is CC[N+](CC)(CC)[SH](=O)=O.NC(=O)O. The fraction of sp³-hybridized carbons (Fsp3) is 0.857. The maximum atomic E-state index is 10.7. The zero-order valence-corrected chi connectivity index (χ0v) is 9.66. The molecule has 0 saturated carbocycles. The number of carbonyl (C=O) groups is 1. The molecule has 0 aromatic rings. The molecule has 0 spiro atoms. The molecule has 0 atom stereocenters. The van der Waals surface area contributed by atoms with Crippen molar-refractivity contribution < 1.29 is 22.2 Å². The number of carboxylic acid groups (broad SMARTS) is 1. The Morgan fingerprint density at radius 1 is 1.21 bits per heavy atom. The van der Waals surface area contributed by atoms with Crippen molar-refractivity contribution in [2.24, 2.45) is 5.73 Å². The molecule has 86 valence electrons. The third-order valence-electron chi connectivity index (χ3n) is 2.11. The number of primary amides is 1. The van der Waals surface area contributed by atoms with Crippen molar-refractivity contribution in [3.63, 3.8) is 0 Å². The lowest BCUT2D eigenvalue weighted by molar-refractivity contribution is -0.796. The maximum Gasteiger partial charge on any atom is 0.402 e. The zero-order valence-electron chi connectivity index (χ0n) is 8.77. The van der Waals surface area contributed by atoms with Crippen LogP contribution in [0.1, 0.15) is 20.8 Å². The molecule has 0 aliphatic heterocycles. The minimum atomic E-state index is -2.31. The summed E-state index contributed by atoms with van der Waals surface area (Å²) in [4.78, 5) is 8.78. The summed E-state index contributed by atoms with van der Waals surface area (Å²) in [5, 5.41) is 7.19. The highest BCUT2D eigenvalue weighted by molar-refractivity contribution is 7.66. The van der Waals surface area contributed by atoms with Crippen LogP contribution in [0.2, 0.25) is 0 Å². The number of thiol groups is 1. The number of quaternary nitrogens is 1. The molecule has 7 heteroatoms. The first-order valence-corrected chi connectivity index (χ1v) is 5.48. The molecule has 0 bridgehead atoms. The second-order valence-electron chi connectivity index (χ2n) is 2.62. The number of hydrogen-bond donors (Lipinski definition) is 3. The minimum absolute atomic E-state index is 0.218. The Morgan fingerprint density at radius 3 is 1.43 bits per heavy atom. The molecule has 0 rings (SSSR count). The van der Waals surface area contributed by atoms with Gasteiger partial charge in [0, 0.05) is 0 Å². The molecule has 3 N–H and O–H groups in total. The topological polar surface area (TPSA) is 97.5 Å². The van der Waals surface area contributed by atoms with E-state index < -0.39 is 17.0 Å². The van der Waals surface area contributed by atoms with Gasteiger partial charge in [0.15, 0.2) is 0 Å².